The number of carbonyl (C=O) groups excluding carboxylic acids is 3. The number of aliphatic carboxylic acids is 1. The summed E-state index contributed by atoms with van der Waals surface area (Å²) in [6.07, 6.45) is 1.58. The minimum atomic E-state index is -1.31. The summed E-state index contributed by atoms with van der Waals surface area (Å²) in [4.78, 5) is 48.3. The molecule has 0 radical (unpaired) electrons. The minimum absolute atomic E-state index is 0.0166. The smallest absolute Gasteiger partial charge is 0.408 e. The summed E-state index contributed by atoms with van der Waals surface area (Å²) in [6.45, 7) is 1.86. The quantitative estimate of drug-likeness (QED) is 0.322. The SMILES string of the molecule is CCOC(=O)/C=C/C[C@H](NC(=O)[C@H](Cc1ccccc1)NC(=O)OCc1ccccc1)C(=O)O. The second-order valence-electron chi connectivity index (χ2n) is 7.24. The molecule has 2 rings (SSSR count). The molecule has 0 aliphatic carbocycles. The van der Waals surface area contributed by atoms with Gasteiger partial charge in [-0.25, -0.2) is 14.4 Å². The molecule has 0 bridgehead atoms. The second kappa shape index (κ2) is 14.1. The molecule has 0 aliphatic rings. The highest BCUT2D eigenvalue weighted by atomic mass is 16.5. The van der Waals surface area contributed by atoms with Gasteiger partial charge in [0.25, 0.3) is 0 Å². The van der Waals surface area contributed by atoms with Crippen LogP contribution < -0.4 is 10.6 Å². The van der Waals surface area contributed by atoms with E-state index in [2.05, 4.69) is 10.6 Å². The predicted octanol–water partition coefficient (Wildman–Crippen LogP) is 2.60. The molecule has 34 heavy (non-hydrogen) atoms. The van der Waals surface area contributed by atoms with E-state index in [1.54, 1.807) is 43.3 Å². The lowest BCUT2D eigenvalue weighted by molar-refractivity contribution is -0.142. The average Bonchev–Trinajstić information content (AvgIpc) is 2.83. The second-order valence-corrected chi connectivity index (χ2v) is 7.24. The van der Waals surface area contributed by atoms with Crippen LogP contribution in [0.2, 0.25) is 0 Å². The van der Waals surface area contributed by atoms with E-state index in [9.17, 15) is 24.3 Å². The molecule has 180 valence electrons. The van der Waals surface area contributed by atoms with E-state index < -0.39 is 36.0 Å². The Labute approximate surface area is 197 Å². The van der Waals surface area contributed by atoms with Crippen LogP contribution in [0.25, 0.3) is 0 Å². The maximum atomic E-state index is 12.9. The highest BCUT2D eigenvalue weighted by Crippen LogP contribution is 2.07. The predicted molar refractivity (Wildman–Crippen MR) is 124 cm³/mol. The molecule has 0 saturated heterocycles. The number of carboxylic acids is 1. The first-order valence-electron chi connectivity index (χ1n) is 10.8. The zero-order valence-corrected chi connectivity index (χ0v) is 18.8. The molecule has 0 unspecified atom stereocenters. The van der Waals surface area contributed by atoms with Crippen molar-refractivity contribution in [3.63, 3.8) is 0 Å². The van der Waals surface area contributed by atoms with Crippen LogP contribution in [-0.2, 0) is 36.9 Å². The fourth-order valence-electron chi connectivity index (χ4n) is 2.95. The molecule has 2 amide bonds. The Morgan fingerprint density at radius 3 is 2.09 bits per heavy atom. The van der Waals surface area contributed by atoms with Gasteiger partial charge in [0, 0.05) is 12.5 Å². The standard InChI is InChI=1S/C25H28N2O7/c1-2-33-22(28)15-9-14-20(24(30)31)26-23(29)21(16-18-10-5-3-6-11-18)27-25(32)34-17-19-12-7-4-8-13-19/h3-13,15,20-21H,2,14,16-17H2,1H3,(H,26,29)(H,27,32)(H,30,31)/b15-9+/t20-,21-/m0/s1. The topological polar surface area (TPSA) is 131 Å². The van der Waals surface area contributed by atoms with Crippen LogP contribution in [0.1, 0.15) is 24.5 Å². The number of hydrogen-bond donors (Lipinski definition) is 3. The molecular formula is C25H28N2O7. The van der Waals surface area contributed by atoms with Gasteiger partial charge in [0.05, 0.1) is 6.61 Å². The van der Waals surface area contributed by atoms with Crippen molar-refractivity contribution >= 4 is 23.9 Å². The Morgan fingerprint density at radius 1 is 0.882 bits per heavy atom. The molecule has 0 aliphatic heterocycles. The number of alkyl carbamates (subject to hydrolysis) is 1. The number of ether oxygens (including phenoxy) is 2. The number of carboxylic acid groups (broad SMARTS) is 1. The Balaban J connectivity index is 2.05. The average molecular weight is 469 g/mol. The summed E-state index contributed by atoms with van der Waals surface area (Å²) in [5.41, 5.74) is 1.54. The molecule has 2 aromatic carbocycles. The summed E-state index contributed by atoms with van der Waals surface area (Å²) in [5, 5.41) is 14.4. The molecule has 2 atom stereocenters. The monoisotopic (exact) mass is 468 g/mol. The van der Waals surface area contributed by atoms with Gasteiger partial charge in [-0.1, -0.05) is 66.7 Å². The number of amides is 2. The first-order chi connectivity index (χ1) is 16.4. The van der Waals surface area contributed by atoms with Gasteiger partial charge in [0.1, 0.15) is 18.7 Å². The Kier molecular flexibility index (Phi) is 10.8. The lowest BCUT2D eigenvalue weighted by Gasteiger charge is -2.21. The van der Waals surface area contributed by atoms with E-state index in [-0.39, 0.29) is 26.1 Å². The van der Waals surface area contributed by atoms with E-state index in [0.717, 1.165) is 17.2 Å². The third kappa shape index (κ3) is 9.56. The van der Waals surface area contributed by atoms with E-state index in [1.807, 2.05) is 24.3 Å². The van der Waals surface area contributed by atoms with Crippen LogP contribution in [-0.4, -0.2) is 47.7 Å². The van der Waals surface area contributed by atoms with Gasteiger partial charge in [-0.05, 0) is 24.5 Å². The molecular weight excluding hydrogens is 440 g/mol. The third-order valence-corrected chi connectivity index (χ3v) is 4.63. The fraction of sp³-hybridized carbons (Fsp3) is 0.280. The van der Waals surface area contributed by atoms with Crippen molar-refractivity contribution in [2.75, 3.05) is 6.61 Å². The maximum Gasteiger partial charge on any atom is 0.408 e. The normalized spacial score (nSPS) is 12.4. The number of hydrogen-bond acceptors (Lipinski definition) is 6. The lowest BCUT2D eigenvalue weighted by Crippen LogP contribution is -2.52. The molecule has 9 nitrogen and oxygen atoms in total. The molecule has 0 heterocycles. The van der Waals surface area contributed by atoms with Gasteiger partial charge in [-0.15, -0.1) is 0 Å². The molecule has 0 saturated carbocycles. The molecule has 3 N–H and O–H groups in total. The van der Waals surface area contributed by atoms with E-state index >= 15 is 0 Å². The number of carbonyl (C=O) groups is 4. The van der Waals surface area contributed by atoms with Crippen LogP contribution in [0.4, 0.5) is 4.79 Å². The highest BCUT2D eigenvalue weighted by Gasteiger charge is 2.26. The number of rotatable bonds is 12. The first-order valence-corrected chi connectivity index (χ1v) is 10.8. The molecule has 9 heteroatoms. The van der Waals surface area contributed by atoms with Crippen molar-refractivity contribution in [2.45, 2.75) is 38.5 Å². The van der Waals surface area contributed by atoms with Gasteiger partial charge in [0.15, 0.2) is 0 Å². The van der Waals surface area contributed by atoms with Crippen LogP contribution in [0, 0.1) is 0 Å². The summed E-state index contributed by atoms with van der Waals surface area (Å²) in [6, 6.07) is 15.6. The summed E-state index contributed by atoms with van der Waals surface area (Å²) < 4.78 is 9.95. The Morgan fingerprint density at radius 2 is 1.50 bits per heavy atom. The van der Waals surface area contributed by atoms with Crippen LogP contribution >= 0.6 is 0 Å². The first kappa shape index (κ1) is 26.1. The van der Waals surface area contributed by atoms with Gasteiger partial charge in [0.2, 0.25) is 5.91 Å². The van der Waals surface area contributed by atoms with Crippen LogP contribution in [0.15, 0.2) is 72.8 Å². The van der Waals surface area contributed by atoms with Crippen molar-refractivity contribution in [3.05, 3.63) is 83.9 Å². The Bertz CT molecular complexity index is 977. The number of benzene rings is 2. The number of nitrogens with one attached hydrogen (secondary N) is 2. The largest absolute Gasteiger partial charge is 0.480 e. The summed E-state index contributed by atoms with van der Waals surface area (Å²) in [7, 11) is 0. The lowest BCUT2D eigenvalue weighted by atomic mass is 10.0. The third-order valence-electron chi connectivity index (χ3n) is 4.63. The van der Waals surface area contributed by atoms with Crippen LogP contribution in [0.3, 0.4) is 0 Å². The highest BCUT2D eigenvalue weighted by molar-refractivity contribution is 5.89. The van der Waals surface area contributed by atoms with Gasteiger partial charge < -0.3 is 25.2 Å². The van der Waals surface area contributed by atoms with Crippen LogP contribution in [0.5, 0.6) is 0 Å². The number of esters is 1. The molecule has 0 aromatic heterocycles. The fourth-order valence-corrected chi connectivity index (χ4v) is 2.95. The van der Waals surface area contributed by atoms with Gasteiger partial charge in [-0.2, -0.15) is 0 Å². The van der Waals surface area contributed by atoms with Gasteiger partial charge >= 0.3 is 18.0 Å². The zero-order chi connectivity index (χ0) is 24.8. The summed E-state index contributed by atoms with van der Waals surface area (Å²) in [5.74, 6) is -2.59. The van der Waals surface area contributed by atoms with Crippen molar-refractivity contribution in [1.82, 2.24) is 10.6 Å². The van der Waals surface area contributed by atoms with Gasteiger partial charge in [-0.3, -0.25) is 4.79 Å². The van der Waals surface area contributed by atoms with Crippen molar-refractivity contribution in [1.29, 1.82) is 0 Å². The molecule has 2 aromatic rings. The minimum Gasteiger partial charge on any atom is -0.480 e. The molecule has 0 fully saturated rings. The Hall–Kier alpha value is -4.14. The van der Waals surface area contributed by atoms with E-state index in [1.165, 1.54) is 6.08 Å². The van der Waals surface area contributed by atoms with Crippen molar-refractivity contribution in [2.24, 2.45) is 0 Å². The maximum absolute atomic E-state index is 12.9. The molecule has 0 spiro atoms. The van der Waals surface area contributed by atoms with E-state index in [0.29, 0.717) is 0 Å². The van der Waals surface area contributed by atoms with E-state index in [4.69, 9.17) is 9.47 Å². The van der Waals surface area contributed by atoms with Crippen molar-refractivity contribution < 1.29 is 33.8 Å². The zero-order valence-electron chi connectivity index (χ0n) is 18.8. The summed E-state index contributed by atoms with van der Waals surface area (Å²) >= 11 is 0. The van der Waals surface area contributed by atoms with Crippen molar-refractivity contribution in [3.8, 4) is 0 Å².